The van der Waals surface area contributed by atoms with Gasteiger partial charge in [0.1, 0.15) is 0 Å². The van der Waals surface area contributed by atoms with Gasteiger partial charge in [-0.05, 0) is 29.2 Å². The third-order valence-electron chi connectivity index (χ3n) is 2.71. The highest BCUT2D eigenvalue weighted by atomic mass is 79.9. The van der Waals surface area contributed by atoms with Crippen molar-refractivity contribution in [3.8, 4) is 6.07 Å². The summed E-state index contributed by atoms with van der Waals surface area (Å²) in [6, 6.07) is 5.85. The first kappa shape index (κ1) is 13.7. The zero-order chi connectivity index (χ0) is 12.8. The molecule has 0 aliphatic carbocycles. The van der Waals surface area contributed by atoms with Crippen molar-refractivity contribution >= 4 is 21.9 Å². The second-order valence-electron chi connectivity index (χ2n) is 3.58. The van der Waals surface area contributed by atoms with Gasteiger partial charge in [-0.2, -0.15) is 5.26 Å². The Morgan fingerprint density at radius 2 is 2.18 bits per heavy atom. The summed E-state index contributed by atoms with van der Waals surface area (Å²) in [5.74, 6) is -0.281. The molecule has 0 aliphatic heterocycles. The fourth-order valence-electron chi connectivity index (χ4n) is 1.77. The maximum absolute atomic E-state index is 11.4. The average Bonchev–Trinajstić information content (AvgIpc) is 2.37. The normalized spacial score (nSPS) is 9.76. The Balaban J connectivity index is 3.30. The third kappa shape index (κ3) is 3.07. The van der Waals surface area contributed by atoms with Crippen LogP contribution in [0.15, 0.2) is 12.1 Å². The van der Waals surface area contributed by atoms with E-state index >= 15 is 0 Å². The van der Waals surface area contributed by atoms with Gasteiger partial charge in [-0.25, -0.2) is 0 Å². The molecule has 3 nitrogen and oxygen atoms in total. The highest BCUT2D eigenvalue weighted by Gasteiger charge is 2.15. The Morgan fingerprint density at radius 1 is 1.47 bits per heavy atom. The summed E-state index contributed by atoms with van der Waals surface area (Å²) >= 11 is 3.37. The SMILES string of the molecule is CCc1ccc(C#N)c(CBr)c1CC(=O)OC. The van der Waals surface area contributed by atoms with Crippen molar-refractivity contribution in [3.63, 3.8) is 0 Å². The molecule has 1 aromatic rings. The zero-order valence-corrected chi connectivity index (χ0v) is 11.5. The highest BCUT2D eigenvalue weighted by Crippen LogP contribution is 2.23. The lowest BCUT2D eigenvalue weighted by molar-refractivity contribution is -0.139. The predicted octanol–water partition coefficient (Wildman–Crippen LogP) is 2.73. The molecule has 0 saturated carbocycles. The number of carbonyl (C=O) groups is 1. The maximum Gasteiger partial charge on any atom is 0.309 e. The predicted molar refractivity (Wildman–Crippen MR) is 68.9 cm³/mol. The van der Waals surface area contributed by atoms with Crippen LogP contribution in [0.4, 0.5) is 0 Å². The first-order valence-electron chi connectivity index (χ1n) is 5.34. The number of esters is 1. The summed E-state index contributed by atoms with van der Waals surface area (Å²) in [6.07, 6.45) is 1.05. The Bertz CT molecular complexity index is 463. The number of hydrogen-bond donors (Lipinski definition) is 0. The molecule has 0 amide bonds. The van der Waals surface area contributed by atoms with Crippen molar-refractivity contribution in [2.45, 2.75) is 25.1 Å². The van der Waals surface area contributed by atoms with Crippen molar-refractivity contribution in [1.29, 1.82) is 5.26 Å². The molecule has 1 rings (SSSR count). The Hall–Kier alpha value is -1.34. The minimum Gasteiger partial charge on any atom is -0.469 e. The van der Waals surface area contributed by atoms with Crippen LogP contribution >= 0.6 is 15.9 Å². The fraction of sp³-hybridized carbons (Fsp3) is 0.385. The van der Waals surface area contributed by atoms with Crippen LogP contribution in [0.2, 0.25) is 0 Å². The molecule has 0 aliphatic rings. The zero-order valence-electron chi connectivity index (χ0n) is 9.92. The smallest absolute Gasteiger partial charge is 0.309 e. The second-order valence-corrected chi connectivity index (χ2v) is 4.14. The number of alkyl halides is 1. The molecule has 4 heteroatoms. The largest absolute Gasteiger partial charge is 0.469 e. The van der Waals surface area contributed by atoms with Gasteiger partial charge < -0.3 is 4.74 Å². The minimum atomic E-state index is -0.281. The van der Waals surface area contributed by atoms with Crippen LogP contribution < -0.4 is 0 Å². The summed E-state index contributed by atoms with van der Waals surface area (Å²) in [5, 5.41) is 9.61. The molecular weight excluding hydrogens is 282 g/mol. The van der Waals surface area contributed by atoms with Crippen molar-refractivity contribution in [3.05, 3.63) is 34.4 Å². The van der Waals surface area contributed by atoms with E-state index in [1.807, 2.05) is 13.0 Å². The van der Waals surface area contributed by atoms with E-state index in [2.05, 4.69) is 26.7 Å². The summed E-state index contributed by atoms with van der Waals surface area (Å²) in [7, 11) is 1.37. The maximum atomic E-state index is 11.4. The van der Waals surface area contributed by atoms with Gasteiger partial charge in [0.15, 0.2) is 0 Å². The molecule has 90 valence electrons. The number of methoxy groups -OCH3 is 1. The Morgan fingerprint density at radius 3 is 2.65 bits per heavy atom. The van der Waals surface area contributed by atoms with Gasteiger partial charge in [0, 0.05) is 5.33 Å². The van der Waals surface area contributed by atoms with Crippen molar-refractivity contribution in [2.75, 3.05) is 7.11 Å². The lowest BCUT2D eigenvalue weighted by Crippen LogP contribution is -2.10. The van der Waals surface area contributed by atoms with E-state index in [0.717, 1.165) is 23.1 Å². The van der Waals surface area contributed by atoms with Gasteiger partial charge in [0.25, 0.3) is 0 Å². The highest BCUT2D eigenvalue weighted by molar-refractivity contribution is 9.08. The molecule has 17 heavy (non-hydrogen) atoms. The summed E-state index contributed by atoms with van der Waals surface area (Å²) in [6.45, 7) is 2.03. The van der Waals surface area contributed by atoms with Crippen molar-refractivity contribution in [1.82, 2.24) is 0 Å². The summed E-state index contributed by atoms with van der Waals surface area (Å²) < 4.78 is 4.69. The minimum absolute atomic E-state index is 0.218. The van der Waals surface area contributed by atoms with E-state index in [1.165, 1.54) is 7.11 Å². The van der Waals surface area contributed by atoms with Crippen LogP contribution in [0.1, 0.15) is 29.2 Å². The summed E-state index contributed by atoms with van der Waals surface area (Å²) in [5.41, 5.74) is 3.49. The molecule has 0 saturated heterocycles. The molecule has 1 aromatic carbocycles. The number of rotatable bonds is 4. The third-order valence-corrected chi connectivity index (χ3v) is 3.27. The fourth-order valence-corrected chi connectivity index (χ4v) is 2.41. The molecule has 0 heterocycles. The van der Waals surface area contributed by atoms with Gasteiger partial charge >= 0.3 is 5.97 Å². The molecule has 0 bridgehead atoms. The Kier molecular flexibility index (Phi) is 5.17. The van der Waals surface area contributed by atoms with E-state index in [-0.39, 0.29) is 12.4 Å². The van der Waals surface area contributed by atoms with Crippen molar-refractivity contribution in [2.24, 2.45) is 0 Å². The quantitative estimate of drug-likeness (QED) is 0.634. The summed E-state index contributed by atoms with van der Waals surface area (Å²) in [4.78, 5) is 11.4. The molecule has 0 fully saturated rings. The number of ether oxygens (including phenoxy) is 1. The molecular formula is C13H14BrNO2. The van der Waals surface area contributed by atoms with Gasteiger partial charge in [-0.15, -0.1) is 0 Å². The van der Waals surface area contributed by atoms with E-state index in [4.69, 9.17) is 5.26 Å². The molecule has 0 spiro atoms. The van der Waals surface area contributed by atoms with Gasteiger partial charge in [0.2, 0.25) is 0 Å². The standard InChI is InChI=1S/C13H14BrNO2/c1-3-9-4-5-10(8-15)12(7-14)11(9)6-13(16)17-2/h4-5H,3,6-7H2,1-2H3. The van der Waals surface area contributed by atoms with Crippen LogP contribution in [0.5, 0.6) is 0 Å². The second kappa shape index (κ2) is 6.41. The number of carbonyl (C=O) groups excluding carboxylic acids is 1. The van der Waals surface area contributed by atoms with E-state index in [1.54, 1.807) is 6.07 Å². The lowest BCUT2D eigenvalue weighted by atomic mass is 9.94. The number of halogens is 1. The van der Waals surface area contributed by atoms with E-state index in [9.17, 15) is 4.79 Å². The first-order valence-corrected chi connectivity index (χ1v) is 6.46. The Labute approximate surface area is 110 Å². The van der Waals surface area contributed by atoms with Crippen LogP contribution in [0.25, 0.3) is 0 Å². The monoisotopic (exact) mass is 295 g/mol. The molecule has 0 aromatic heterocycles. The van der Waals surface area contributed by atoms with Gasteiger partial charge in [-0.3, -0.25) is 4.79 Å². The number of benzene rings is 1. The topological polar surface area (TPSA) is 50.1 Å². The lowest BCUT2D eigenvalue weighted by Gasteiger charge is -2.13. The molecule has 0 atom stereocenters. The number of aryl methyl sites for hydroxylation is 1. The van der Waals surface area contributed by atoms with Gasteiger partial charge in [0.05, 0.1) is 25.2 Å². The van der Waals surface area contributed by atoms with E-state index in [0.29, 0.717) is 10.9 Å². The van der Waals surface area contributed by atoms with Crippen LogP contribution in [0, 0.1) is 11.3 Å². The average molecular weight is 296 g/mol. The molecule has 0 unspecified atom stereocenters. The van der Waals surface area contributed by atoms with Crippen molar-refractivity contribution < 1.29 is 9.53 Å². The van der Waals surface area contributed by atoms with Crippen LogP contribution in [-0.4, -0.2) is 13.1 Å². The number of hydrogen-bond acceptors (Lipinski definition) is 3. The molecule has 0 radical (unpaired) electrons. The number of nitriles is 1. The van der Waals surface area contributed by atoms with Crippen LogP contribution in [0.3, 0.4) is 0 Å². The molecule has 0 N–H and O–H groups in total. The van der Waals surface area contributed by atoms with E-state index < -0.39 is 0 Å². The van der Waals surface area contributed by atoms with Gasteiger partial charge in [-0.1, -0.05) is 28.9 Å². The van der Waals surface area contributed by atoms with Crippen LogP contribution in [-0.2, 0) is 27.7 Å². The number of nitrogens with zero attached hydrogens (tertiary/aromatic N) is 1. The first-order chi connectivity index (χ1) is 8.17.